The van der Waals surface area contributed by atoms with Gasteiger partial charge in [0.2, 0.25) is 0 Å². The minimum absolute atomic E-state index is 0.0186. The number of hydrogen-bond donors (Lipinski definition) is 1. The molecule has 6 heteroatoms. The molecule has 0 radical (unpaired) electrons. The molecule has 0 aromatic heterocycles. The van der Waals surface area contributed by atoms with Crippen molar-refractivity contribution in [3.05, 3.63) is 73.2 Å². The van der Waals surface area contributed by atoms with Gasteiger partial charge < -0.3 is 5.73 Å². The molecule has 0 bridgehead atoms. The molecule has 2 aromatic carbocycles. The van der Waals surface area contributed by atoms with Crippen LogP contribution in [0, 0.1) is 10.1 Å². The van der Waals surface area contributed by atoms with E-state index in [2.05, 4.69) is 15.9 Å². The first kappa shape index (κ1) is 15.9. The number of nitro benzene ring substituents is 1. The molecule has 2 aromatic rings. The third kappa shape index (κ3) is 4.03. The molecule has 0 spiro atoms. The lowest BCUT2D eigenvalue weighted by molar-refractivity contribution is -0.385. The molecule has 0 saturated carbocycles. The maximum Gasteiger partial charge on any atom is 0.274 e. The first-order valence-corrected chi connectivity index (χ1v) is 7.57. The molecule has 0 saturated heterocycles. The Balaban J connectivity index is 2.19. The summed E-state index contributed by atoms with van der Waals surface area (Å²) in [7, 11) is 0. The summed E-state index contributed by atoms with van der Waals surface area (Å²) in [6.45, 7) is 0. The number of hydrogen-bond acceptors (Lipinski definition) is 3. The van der Waals surface area contributed by atoms with Gasteiger partial charge in [-0.1, -0.05) is 51.8 Å². The zero-order chi connectivity index (χ0) is 15.4. The number of rotatable bonds is 5. The van der Waals surface area contributed by atoms with E-state index >= 15 is 0 Å². The van der Waals surface area contributed by atoms with E-state index in [0.29, 0.717) is 23.4 Å². The number of halogens is 2. The molecule has 0 amide bonds. The Hall–Kier alpha value is -1.43. The lowest BCUT2D eigenvalue weighted by atomic mass is 9.98. The normalized spacial score (nSPS) is 12.1. The van der Waals surface area contributed by atoms with Crippen LogP contribution in [-0.4, -0.2) is 11.0 Å². The molecule has 1 unspecified atom stereocenters. The summed E-state index contributed by atoms with van der Waals surface area (Å²) in [4.78, 5) is 10.6. The Kier molecular flexibility index (Phi) is 5.33. The lowest BCUT2D eigenvalue weighted by Crippen LogP contribution is -2.26. The van der Waals surface area contributed by atoms with Crippen molar-refractivity contribution in [1.29, 1.82) is 0 Å². The van der Waals surface area contributed by atoms with E-state index in [-0.39, 0.29) is 11.7 Å². The molecule has 2 N–H and O–H groups in total. The Labute approximate surface area is 136 Å². The number of nitrogens with two attached hydrogens (primary N) is 1. The number of nitrogens with zero attached hydrogens (tertiary/aromatic N) is 1. The number of nitro groups is 1. The smallest absolute Gasteiger partial charge is 0.274 e. The predicted molar refractivity (Wildman–Crippen MR) is 87.6 cm³/mol. The van der Waals surface area contributed by atoms with Crippen molar-refractivity contribution in [1.82, 2.24) is 0 Å². The van der Waals surface area contributed by atoms with E-state index in [4.69, 9.17) is 17.3 Å². The van der Waals surface area contributed by atoms with Gasteiger partial charge in [0.1, 0.15) is 0 Å². The van der Waals surface area contributed by atoms with Crippen LogP contribution >= 0.6 is 27.5 Å². The first-order chi connectivity index (χ1) is 9.99. The molecule has 0 fully saturated rings. The minimum atomic E-state index is -0.424. The summed E-state index contributed by atoms with van der Waals surface area (Å²) in [5.41, 5.74) is 7.72. The highest BCUT2D eigenvalue weighted by atomic mass is 79.9. The summed E-state index contributed by atoms with van der Waals surface area (Å²) in [6, 6.07) is 12.2. The molecule has 21 heavy (non-hydrogen) atoms. The fraction of sp³-hybridized carbons (Fsp3) is 0.200. The van der Waals surface area contributed by atoms with Crippen LogP contribution in [0.25, 0.3) is 0 Å². The SMILES string of the molecule is NC(Cc1ccccc1Br)Cc1c(Cl)cccc1[N+](=O)[O-]. The van der Waals surface area contributed by atoms with Crippen molar-refractivity contribution in [2.75, 3.05) is 0 Å². The molecule has 0 aliphatic heterocycles. The minimum Gasteiger partial charge on any atom is -0.327 e. The van der Waals surface area contributed by atoms with E-state index in [9.17, 15) is 10.1 Å². The zero-order valence-corrected chi connectivity index (χ0v) is 13.5. The van der Waals surface area contributed by atoms with E-state index in [1.165, 1.54) is 6.07 Å². The van der Waals surface area contributed by atoms with Gasteiger partial charge in [0.25, 0.3) is 5.69 Å². The van der Waals surface area contributed by atoms with Gasteiger partial charge in [-0.3, -0.25) is 10.1 Å². The third-order valence-corrected chi connectivity index (χ3v) is 4.32. The summed E-state index contributed by atoms with van der Waals surface area (Å²) in [5.74, 6) is 0. The summed E-state index contributed by atoms with van der Waals surface area (Å²) >= 11 is 9.56. The highest BCUT2D eigenvalue weighted by Crippen LogP contribution is 2.28. The van der Waals surface area contributed by atoms with Crippen LogP contribution in [0.5, 0.6) is 0 Å². The molecule has 4 nitrogen and oxygen atoms in total. The third-order valence-electron chi connectivity index (χ3n) is 3.20. The molecular weight excluding hydrogens is 356 g/mol. The van der Waals surface area contributed by atoms with Crippen LogP contribution in [0.4, 0.5) is 5.69 Å². The fourth-order valence-corrected chi connectivity index (χ4v) is 2.89. The van der Waals surface area contributed by atoms with Crippen molar-refractivity contribution in [2.45, 2.75) is 18.9 Å². The standard InChI is InChI=1S/C15H14BrClN2O2/c16-13-5-2-1-4-10(13)8-11(18)9-12-14(17)6-3-7-15(12)19(20)21/h1-7,11H,8-9,18H2. The second-order valence-electron chi connectivity index (χ2n) is 4.75. The first-order valence-electron chi connectivity index (χ1n) is 6.40. The molecule has 0 aliphatic carbocycles. The highest BCUT2D eigenvalue weighted by molar-refractivity contribution is 9.10. The van der Waals surface area contributed by atoms with Crippen molar-refractivity contribution in [3.63, 3.8) is 0 Å². The monoisotopic (exact) mass is 368 g/mol. The predicted octanol–water partition coefficient (Wildman–Crippen LogP) is 4.12. The lowest BCUT2D eigenvalue weighted by Gasteiger charge is -2.14. The molecule has 2 rings (SSSR count). The van der Waals surface area contributed by atoms with Crippen molar-refractivity contribution < 1.29 is 4.92 Å². The van der Waals surface area contributed by atoms with Crippen molar-refractivity contribution in [3.8, 4) is 0 Å². The van der Waals surface area contributed by atoms with Gasteiger partial charge in [-0.15, -0.1) is 0 Å². The summed E-state index contributed by atoms with van der Waals surface area (Å²) in [6.07, 6.45) is 0.973. The summed E-state index contributed by atoms with van der Waals surface area (Å²) in [5, 5.41) is 11.4. The van der Waals surface area contributed by atoms with Crippen LogP contribution in [0.1, 0.15) is 11.1 Å². The van der Waals surface area contributed by atoms with Crippen LogP contribution in [-0.2, 0) is 12.8 Å². The van der Waals surface area contributed by atoms with Crippen molar-refractivity contribution >= 4 is 33.2 Å². The van der Waals surface area contributed by atoms with Gasteiger partial charge in [0.05, 0.1) is 9.95 Å². The van der Waals surface area contributed by atoms with E-state index in [0.717, 1.165) is 10.0 Å². The van der Waals surface area contributed by atoms with Crippen LogP contribution < -0.4 is 5.73 Å². The van der Waals surface area contributed by atoms with E-state index in [1.54, 1.807) is 12.1 Å². The quantitative estimate of drug-likeness (QED) is 0.636. The van der Waals surface area contributed by atoms with Gasteiger partial charge in [0, 0.05) is 22.1 Å². The van der Waals surface area contributed by atoms with Gasteiger partial charge in [-0.25, -0.2) is 0 Å². The fourth-order valence-electron chi connectivity index (χ4n) is 2.20. The average Bonchev–Trinajstić information content (AvgIpc) is 2.43. The maximum absolute atomic E-state index is 11.1. The van der Waals surface area contributed by atoms with Gasteiger partial charge >= 0.3 is 0 Å². The molecule has 110 valence electrons. The molecule has 0 aliphatic rings. The highest BCUT2D eigenvalue weighted by Gasteiger charge is 2.19. The van der Waals surface area contributed by atoms with E-state index < -0.39 is 4.92 Å². The Bertz CT molecular complexity index is 664. The van der Waals surface area contributed by atoms with Crippen LogP contribution in [0.3, 0.4) is 0 Å². The second-order valence-corrected chi connectivity index (χ2v) is 6.02. The second kappa shape index (κ2) is 7.02. The Morgan fingerprint density at radius 1 is 1.19 bits per heavy atom. The zero-order valence-electron chi connectivity index (χ0n) is 11.1. The van der Waals surface area contributed by atoms with Gasteiger partial charge in [-0.05, 0) is 30.5 Å². The number of benzene rings is 2. The van der Waals surface area contributed by atoms with Crippen molar-refractivity contribution in [2.24, 2.45) is 5.73 Å². The Morgan fingerprint density at radius 2 is 1.90 bits per heavy atom. The maximum atomic E-state index is 11.1. The van der Waals surface area contributed by atoms with Crippen LogP contribution in [0.2, 0.25) is 5.02 Å². The molecular formula is C15H14BrClN2O2. The molecule has 0 heterocycles. The van der Waals surface area contributed by atoms with Crippen LogP contribution in [0.15, 0.2) is 46.9 Å². The summed E-state index contributed by atoms with van der Waals surface area (Å²) < 4.78 is 0.981. The topological polar surface area (TPSA) is 69.2 Å². The Morgan fingerprint density at radius 3 is 2.57 bits per heavy atom. The average molecular weight is 370 g/mol. The van der Waals surface area contributed by atoms with Gasteiger partial charge in [-0.2, -0.15) is 0 Å². The molecule has 1 atom stereocenters. The van der Waals surface area contributed by atoms with Gasteiger partial charge in [0.15, 0.2) is 0 Å². The van der Waals surface area contributed by atoms with E-state index in [1.807, 2.05) is 24.3 Å². The largest absolute Gasteiger partial charge is 0.327 e.